The van der Waals surface area contributed by atoms with E-state index in [0.29, 0.717) is 22.9 Å². The van der Waals surface area contributed by atoms with Crippen LogP contribution in [0, 0.1) is 10.1 Å². The van der Waals surface area contributed by atoms with Crippen molar-refractivity contribution in [2.45, 2.75) is 13.3 Å². The van der Waals surface area contributed by atoms with Gasteiger partial charge in [0.05, 0.1) is 16.0 Å². The predicted octanol–water partition coefficient (Wildman–Crippen LogP) is 2.65. The van der Waals surface area contributed by atoms with E-state index in [1.807, 2.05) is 0 Å². The minimum absolute atomic E-state index is 0.0563. The molecule has 0 aromatic heterocycles. The highest BCUT2D eigenvalue weighted by molar-refractivity contribution is 6.14. The van der Waals surface area contributed by atoms with E-state index in [0.717, 1.165) is 4.90 Å². The number of hydrogen-bond donors (Lipinski definition) is 0. The van der Waals surface area contributed by atoms with Gasteiger partial charge in [0.2, 0.25) is 12.3 Å². The minimum Gasteiger partial charge on any atom is -0.278 e. The molecule has 0 aliphatic heterocycles. The van der Waals surface area contributed by atoms with E-state index in [1.165, 1.54) is 12.1 Å². The Morgan fingerprint density at radius 1 is 1.25 bits per heavy atom. The van der Waals surface area contributed by atoms with Crippen molar-refractivity contribution in [3.63, 3.8) is 0 Å². The first kappa shape index (κ1) is 13.7. The number of imide groups is 1. The van der Waals surface area contributed by atoms with Gasteiger partial charge in [-0.3, -0.25) is 24.6 Å². The van der Waals surface area contributed by atoms with Crippen LogP contribution in [0.3, 0.4) is 0 Å². The van der Waals surface area contributed by atoms with E-state index in [4.69, 9.17) is 0 Å². The molecule has 2 rings (SSSR count). The van der Waals surface area contributed by atoms with Gasteiger partial charge >= 0.3 is 0 Å². The number of carbonyl (C=O) groups excluding carboxylic acids is 2. The molecule has 0 aliphatic rings. The number of amides is 2. The largest absolute Gasteiger partial charge is 0.278 e. The molecule has 2 aromatic carbocycles. The van der Waals surface area contributed by atoms with Crippen LogP contribution in [0.5, 0.6) is 0 Å². The molecule has 0 heterocycles. The molecule has 0 atom stereocenters. The van der Waals surface area contributed by atoms with Crippen LogP contribution in [0.2, 0.25) is 0 Å². The van der Waals surface area contributed by atoms with Gasteiger partial charge in [0.15, 0.2) is 0 Å². The highest BCUT2D eigenvalue weighted by Crippen LogP contribution is 2.33. The van der Waals surface area contributed by atoms with Crippen molar-refractivity contribution in [3.05, 3.63) is 46.5 Å². The number of nitrogens with zero attached hydrogens (tertiary/aromatic N) is 2. The Balaban J connectivity index is 2.73. The number of fused-ring (bicyclic) bond motifs is 1. The lowest BCUT2D eigenvalue weighted by molar-refractivity contribution is -0.383. The number of carbonyl (C=O) groups is 2. The zero-order valence-electron chi connectivity index (χ0n) is 10.8. The maximum atomic E-state index is 11.8. The molecule has 102 valence electrons. The first-order valence-corrected chi connectivity index (χ1v) is 6.03. The second-order valence-corrected chi connectivity index (χ2v) is 4.13. The van der Waals surface area contributed by atoms with Crippen LogP contribution >= 0.6 is 0 Å². The van der Waals surface area contributed by atoms with E-state index in [9.17, 15) is 19.7 Å². The lowest BCUT2D eigenvalue weighted by Gasteiger charge is -2.17. The molecular formula is C14H12N2O4. The van der Waals surface area contributed by atoms with Crippen molar-refractivity contribution in [3.8, 4) is 0 Å². The lowest BCUT2D eigenvalue weighted by Crippen LogP contribution is -2.28. The molecule has 0 saturated heterocycles. The molecule has 6 heteroatoms. The number of benzene rings is 2. The van der Waals surface area contributed by atoms with Gasteiger partial charge in [-0.05, 0) is 12.1 Å². The first-order valence-electron chi connectivity index (χ1n) is 6.03. The summed E-state index contributed by atoms with van der Waals surface area (Å²) in [7, 11) is 0. The first-order chi connectivity index (χ1) is 9.60. The Morgan fingerprint density at radius 3 is 2.45 bits per heavy atom. The van der Waals surface area contributed by atoms with Gasteiger partial charge in [0, 0.05) is 17.9 Å². The standard InChI is InChI=1S/C14H12N2O4/c1-2-14(18)15(9-17)12-7-8-13(16(19)20)11-6-4-3-5-10(11)12/h3-9H,2H2,1H3. The molecule has 0 radical (unpaired) electrons. The monoisotopic (exact) mass is 272 g/mol. The van der Waals surface area contributed by atoms with Gasteiger partial charge in [0.25, 0.3) is 5.69 Å². The van der Waals surface area contributed by atoms with Gasteiger partial charge < -0.3 is 0 Å². The molecule has 0 fully saturated rings. The van der Waals surface area contributed by atoms with Crippen molar-refractivity contribution >= 4 is 34.5 Å². The van der Waals surface area contributed by atoms with Crippen LogP contribution in [0.25, 0.3) is 10.8 Å². The molecule has 2 aromatic rings. The third-order valence-electron chi connectivity index (χ3n) is 3.01. The van der Waals surface area contributed by atoms with Gasteiger partial charge in [-0.25, -0.2) is 0 Å². The average molecular weight is 272 g/mol. The number of anilines is 1. The Kier molecular flexibility index (Phi) is 3.74. The highest BCUT2D eigenvalue weighted by atomic mass is 16.6. The molecule has 2 amide bonds. The van der Waals surface area contributed by atoms with Crippen LogP contribution in [0.15, 0.2) is 36.4 Å². The van der Waals surface area contributed by atoms with E-state index < -0.39 is 4.92 Å². The minimum atomic E-state index is -0.487. The summed E-state index contributed by atoms with van der Waals surface area (Å²) in [5, 5.41) is 11.9. The Bertz CT molecular complexity index is 697. The van der Waals surface area contributed by atoms with E-state index in [1.54, 1.807) is 31.2 Å². The smallest absolute Gasteiger partial charge is 0.277 e. The number of hydrogen-bond acceptors (Lipinski definition) is 4. The topological polar surface area (TPSA) is 80.5 Å². The number of nitro benzene ring substituents is 1. The van der Waals surface area contributed by atoms with E-state index in [-0.39, 0.29) is 18.0 Å². The zero-order chi connectivity index (χ0) is 14.7. The number of rotatable bonds is 4. The maximum Gasteiger partial charge on any atom is 0.277 e. The highest BCUT2D eigenvalue weighted by Gasteiger charge is 2.20. The summed E-state index contributed by atoms with van der Waals surface area (Å²) in [5.41, 5.74) is 0.298. The lowest BCUT2D eigenvalue weighted by atomic mass is 10.1. The second-order valence-electron chi connectivity index (χ2n) is 4.13. The summed E-state index contributed by atoms with van der Waals surface area (Å²) >= 11 is 0. The van der Waals surface area contributed by atoms with E-state index in [2.05, 4.69) is 0 Å². The maximum absolute atomic E-state index is 11.8. The molecule has 0 aliphatic carbocycles. The summed E-state index contributed by atoms with van der Waals surface area (Å²) in [6.45, 7) is 1.65. The fraction of sp³-hybridized carbons (Fsp3) is 0.143. The van der Waals surface area contributed by atoms with Crippen LogP contribution in [0.1, 0.15) is 13.3 Å². The molecule has 0 bridgehead atoms. The van der Waals surface area contributed by atoms with Crippen LogP contribution in [-0.2, 0) is 9.59 Å². The fourth-order valence-corrected chi connectivity index (χ4v) is 2.06. The molecule has 20 heavy (non-hydrogen) atoms. The molecular weight excluding hydrogens is 260 g/mol. The van der Waals surface area contributed by atoms with Gasteiger partial charge in [-0.2, -0.15) is 0 Å². The summed E-state index contributed by atoms with van der Waals surface area (Å²) < 4.78 is 0. The van der Waals surface area contributed by atoms with Crippen molar-refractivity contribution in [1.82, 2.24) is 0 Å². The van der Waals surface area contributed by atoms with Crippen molar-refractivity contribution in [2.24, 2.45) is 0 Å². The predicted molar refractivity (Wildman–Crippen MR) is 74.4 cm³/mol. The van der Waals surface area contributed by atoms with Gasteiger partial charge in [-0.1, -0.05) is 25.1 Å². The summed E-state index contributed by atoms with van der Waals surface area (Å²) in [5.74, 6) is -0.362. The third-order valence-corrected chi connectivity index (χ3v) is 3.01. The Morgan fingerprint density at radius 2 is 1.90 bits per heavy atom. The van der Waals surface area contributed by atoms with Crippen molar-refractivity contribution in [1.29, 1.82) is 0 Å². The quantitative estimate of drug-likeness (QED) is 0.486. The zero-order valence-corrected chi connectivity index (χ0v) is 10.8. The molecule has 0 unspecified atom stereocenters. The Labute approximate surface area is 114 Å². The molecule has 6 nitrogen and oxygen atoms in total. The van der Waals surface area contributed by atoms with Crippen molar-refractivity contribution < 1.29 is 14.5 Å². The van der Waals surface area contributed by atoms with Crippen molar-refractivity contribution in [2.75, 3.05) is 4.90 Å². The van der Waals surface area contributed by atoms with Crippen LogP contribution < -0.4 is 4.90 Å². The molecule has 0 spiro atoms. The van der Waals surface area contributed by atoms with Gasteiger partial charge in [0.1, 0.15) is 0 Å². The summed E-state index contributed by atoms with van der Waals surface area (Å²) in [4.78, 5) is 34.4. The molecule has 0 saturated carbocycles. The SMILES string of the molecule is CCC(=O)N(C=O)c1ccc([N+](=O)[O-])c2ccccc12. The third kappa shape index (κ3) is 2.23. The normalized spacial score (nSPS) is 10.2. The second kappa shape index (κ2) is 5.48. The molecule has 0 N–H and O–H groups in total. The van der Waals surface area contributed by atoms with Gasteiger partial charge in [-0.15, -0.1) is 0 Å². The Hall–Kier alpha value is -2.76. The summed E-state index contributed by atoms with van der Waals surface area (Å²) in [6.07, 6.45) is 0.601. The van der Waals surface area contributed by atoms with Crippen LogP contribution in [-0.4, -0.2) is 17.2 Å². The summed E-state index contributed by atoms with van der Waals surface area (Å²) in [6, 6.07) is 9.34. The van der Waals surface area contributed by atoms with Crippen LogP contribution in [0.4, 0.5) is 11.4 Å². The number of nitro groups is 1. The fourth-order valence-electron chi connectivity index (χ4n) is 2.06. The average Bonchev–Trinajstić information content (AvgIpc) is 2.47. The van der Waals surface area contributed by atoms with E-state index >= 15 is 0 Å². The number of non-ortho nitro benzene ring substituents is 1.